The predicted octanol–water partition coefficient (Wildman–Crippen LogP) is 3.61. The van der Waals surface area contributed by atoms with Gasteiger partial charge in [-0.05, 0) is 67.8 Å². The topological polar surface area (TPSA) is 50.4 Å². The minimum atomic E-state index is -0.0815. The first-order chi connectivity index (χ1) is 10.7. The number of nitrogens with one attached hydrogen (secondary N) is 2. The van der Waals surface area contributed by atoms with Crippen LogP contribution in [-0.4, -0.2) is 19.1 Å². The molecule has 0 bridgehead atoms. The van der Waals surface area contributed by atoms with E-state index in [2.05, 4.69) is 10.6 Å². The molecule has 2 N–H and O–H groups in total. The van der Waals surface area contributed by atoms with Crippen molar-refractivity contribution < 1.29 is 9.53 Å². The lowest BCUT2D eigenvalue weighted by Crippen LogP contribution is -2.13. The summed E-state index contributed by atoms with van der Waals surface area (Å²) < 4.78 is 5.46. The normalized spacial score (nSPS) is 12.5. The number of ether oxygens (including phenoxy) is 1. The Labute approximate surface area is 130 Å². The van der Waals surface area contributed by atoms with Crippen LogP contribution >= 0.6 is 0 Å². The van der Waals surface area contributed by atoms with Gasteiger partial charge in [-0.15, -0.1) is 0 Å². The van der Waals surface area contributed by atoms with Crippen LogP contribution in [0.3, 0.4) is 0 Å². The van der Waals surface area contributed by atoms with Gasteiger partial charge in [0.05, 0.1) is 6.61 Å². The molecule has 4 nitrogen and oxygen atoms in total. The van der Waals surface area contributed by atoms with Gasteiger partial charge in [0.25, 0.3) is 5.91 Å². The molecule has 0 spiro atoms. The average Bonchev–Trinajstić information content (AvgIpc) is 2.97. The summed E-state index contributed by atoms with van der Waals surface area (Å²) in [4.78, 5) is 12.4. The molecule has 0 aromatic heterocycles. The highest BCUT2D eigenvalue weighted by Gasteiger charge is 2.14. The summed E-state index contributed by atoms with van der Waals surface area (Å²) in [5.74, 6) is 0.739. The molecule has 1 heterocycles. The Bertz CT molecular complexity index is 710. The summed E-state index contributed by atoms with van der Waals surface area (Å²) in [5, 5.41) is 6.27. The number of benzene rings is 2. The highest BCUT2D eigenvalue weighted by atomic mass is 16.5. The van der Waals surface area contributed by atoms with Gasteiger partial charge < -0.3 is 15.4 Å². The predicted molar refractivity (Wildman–Crippen MR) is 88.9 cm³/mol. The summed E-state index contributed by atoms with van der Waals surface area (Å²) >= 11 is 0. The van der Waals surface area contributed by atoms with Crippen LogP contribution in [0.1, 0.15) is 28.4 Å². The van der Waals surface area contributed by atoms with E-state index in [0.717, 1.165) is 35.7 Å². The number of aryl methyl sites for hydroxylation is 1. The van der Waals surface area contributed by atoms with E-state index < -0.39 is 0 Å². The van der Waals surface area contributed by atoms with E-state index in [-0.39, 0.29) is 5.91 Å². The van der Waals surface area contributed by atoms with Crippen LogP contribution in [0, 0.1) is 6.92 Å². The van der Waals surface area contributed by atoms with E-state index in [1.165, 1.54) is 5.56 Å². The van der Waals surface area contributed by atoms with E-state index in [1.54, 1.807) is 0 Å². The Morgan fingerprint density at radius 2 is 2.14 bits per heavy atom. The van der Waals surface area contributed by atoms with E-state index >= 15 is 0 Å². The summed E-state index contributed by atoms with van der Waals surface area (Å²) in [5.41, 5.74) is 4.83. The molecule has 0 aliphatic carbocycles. The zero-order chi connectivity index (χ0) is 15.5. The van der Waals surface area contributed by atoms with Gasteiger partial charge in [0.2, 0.25) is 0 Å². The second-order valence-electron chi connectivity index (χ2n) is 5.41. The van der Waals surface area contributed by atoms with Crippen LogP contribution < -0.4 is 15.4 Å². The van der Waals surface area contributed by atoms with Crippen LogP contribution in [0.15, 0.2) is 36.4 Å². The van der Waals surface area contributed by atoms with Gasteiger partial charge in [-0.25, -0.2) is 0 Å². The Kier molecular flexibility index (Phi) is 4.00. The van der Waals surface area contributed by atoms with Crippen LogP contribution in [-0.2, 0) is 6.42 Å². The first-order valence-corrected chi connectivity index (χ1v) is 7.59. The van der Waals surface area contributed by atoms with Crippen molar-refractivity contribution in [2.75, 3.05) is 23.8 Å². The molecule has 1 aliphatic rings. The third kappa shape index (κ3) is 2.91. The molecule has 1 amide bonds. The third-order valence-electron chi connectivity index (χ3n) is 3.83. The monoisotopic (exact) mass is 296 g/mol. The zero-order valence-corrected chi connectivity index (χ0v) is 12.9. The minimum Gasteiger partial charge on any atom is -0.494 e. The quantitative estimate of drug-likeness (QED) is 0.906. The first kappa shape index (κ1) is 14.4. The second-order valence-corrected chi connectivity index (χ2v) is 5.41. The molecule has 2 aromatic rings. The first-order valence-electron chi connectivity index (χ1n) is 7.59. The van der Waals surface area contributed by atoms with Crippen LogP contribution in [0.5, 0.6) is 5.75 Å². The maximum atomic E-state index is 12.4. The Hall–Kier alpha value is -2.49. The molecule has 0 atom stereocenters. The van der Waals surface area contributed by atoms with Crippen LogP contribution in [0.4, 0.5) is 11.4 Å². The molecule has 0 fully saturated rings. The summed E-state index contributed by atoms with van der Waals surface area (Å²) in [6.07, 6.45) is 0.971. The Morgan fingerprint density at radius 3 is 2.91 bits per heavy atom. The summed E-state index contributed by atoms with van der Waals surface area (Å²) in [6.45, 7) is 5.49. The number of hydrogen-bond donors (Lipinski definition) is 2. The molecule has 114 valence electrons. The van der Waals surface area contributed by atoms with Gasteiger partial charge in [-0.3, -0.25) is 4.79 Å². The van der Waals surface area contributed by atoms with Crippen molar-refractivity contribution >= 4 is 17.3 Å². The molecule has 0 radical (unpaired) electrons. The Morgan fingerprint density at radius 1 is 1.27 bits per heavy atom. The molecule has 0 unspecified atom stereocenters. The van der Waals surface area contributed by atoms with Crippen molar-refractivity contribution in [1.29, 1.82) is 0 Å². The summed E-state index contributed by atoms with van der Waals surface area (Å²) in [6, 6.07) is 11.5. The number of fused-ring (bicyclic) bond motifs is 1. The maximum Gasteiger partial charge on any atom is 0.255 e. The van der Waals surface area contributed by atoms with Crippen molar-refractivity contribution in [3.63, 3.8) is 0 Å². The van der Waals surface area contributed by atoms with Crippen molar-refractivity contribution in [1.82, 2.24) is 0 Å². The lowest BCUT2D eigenvalue weighted by atomic mass is 10.1. The van der Waals surface area contributed by atoms with Crippen LogP contribution in [0.25, 0.3) is 0 Å². The van der Waals surface area contributed by atoms with Crippen molar-refractivity contribution in [3.05, 3.63) is 53.1 Å². The number of rotatable bonds is 4. The highest BCUT2D eigenvalue weighted by molar-refractivity contribution is 6.05. The minimum absolute atomic E-state index is 0.0815. The molecular weight excluding hydrogens is 276 g/mol. The van der Waals surface area contributed by atoms with Gasteiger partial charge in [0, 0.05) is 23.5 Å². The lowest BCUT2D eigenvalue weighted by Gasteiger charge is -2.11. The maximum absolute atomic E-state index is 12.4. The number of amides is 1. The van der Waals surface area contributed by atoms with E-state index in [4.69, 9.17) is 4.74 Å². The van der Waals surface area contributed by atoms with Gasteiger partial charge in [0.15, 0.2) is 0 Å². The van der Waals surface area contributed by atoms with Gasteiger partial charge in [0.1, 0.15) is 5.75 Å². The lowest BCUT2D eigenvalue weighted by molar-refractivity contribution is 0.102. The van der Waals surface area contributed by atoms with Crippen LogP contribution in [0.2, 0.25) is 0 Å². The molecule has 1 aliphatic heterocycles. The van der Waals surface area contributed by atoms with E-state index in [0.29, 0.717) is 12.2 Å². The molecule has 22 heavy (non-hydrogen) atoms. The van der Waals surface area contributed by atoms with Gasteiger partial charge >= 0.3 is 0 Å². The fourth-order valence-corrected chi connectivity index (χ4v) is 2.67. The number of carbonyl (C=O) groups excluding carboxylic acids is 1. The molecule has 0 saturated carbocycles. The van der Waals surface area contributed by atoms with E-state index in [9.17, 15) is 4.79 Å². The van der Waals surface area contributed by atoms with Crippen molar-refractivity contribution in [3.8, 4) is 5.75 Å². The third-order valence-corrected chi connectivity index (χ3v) is 3.83. The molecule has 2 aromatic carbocycles. The molecule has 3 rings (SSSR count). The number of anilines is 2. The molecule has 4 heteroatoms. The SMILES string of the molecule is CCOc1ccc(NC(=O)c2ccc3c(c2)CCN3)c(C)c1. The number of hydrogen-bond acceptors (Lipinski definition) is 3. The zero-order valence-electron chi connectivity index (χ0n) is 12.9. The second kappa shape index (κ2) is 6.10. The highest BCUT2D eigenvalue weighted by Crippen LogP contribution is 2.25. The smallest absolute Gasteiger partial charge is 0.255 e. The standard InChI is InChI=1S/C18H20N2O2/c1-3-22-15-5-7-16(12(2)10-15)20-18(21)14-4-6-17-13(11-14)8-9-19-17/h4-7,10-11,19H,3,8-9H2,1-2H3,(H,20,21). The largest absolute Gasteiger partial charge is 0.494 e. The fourth-order valence-electron chi connectivity index (χ4n) is 2.67. The Balaban J connectivity index is 1.76. The van der Waals surface area contributed by atoms with Crippen molar-refractivity contribution in [2.45, 2.75) is 20.3 Å². The van der Waals surface area contributed by atoms with Gasteiger partial charge in [-0.2, -0.15) is 0 Å². The summed E-state index contributed by atoms with van der Waals surface area (Å²) in [7, 11) is 0. The number of carbonyl (C=O) groups is 1. The van der Waals surface area contributed by atoms with Crippen molar-refractivity contribution in [2.24, 2.45) is 0 Å². The molecular formula is C18H20N2O2. The van der Waals surface area contributed by atoms with E-state index in [1.807, 2.05) is 50.2 Å². The average molecular weight is 296 g/mol. The molecule has 0 saturated heterocycles. The fraction of sp³-hybridized carbons (Fsp3) is 0.278. The van der Waals surface area contributed by atoms with Gasteiger partial charge in [-0.1, -0.05) is 0 Å².